The quantitative estimate of drug-likeness (QED) is 0.844. The molecule has 0 radical (unpaired) electrons. The van der Waals surface area contributed by atoms with Crippen molar-refractivity contribution in [1.82, 2.24) is 15.5 Å². The Hall–Kier alpha value is -1.61. The minimum absolute atomic E-state index is 0.0424. The van der Waals surface area contributed by atoms with E-state index in [4.69, 9.17) is 16.9 Å². The van der Waals surface area contributed by atoms with Gasteiger partial charge in [0.05, 0.1) is 12.6 Å². The van der Waals surface area contributed by atoms with Crippen molar-refractivity contribution in [3.05, 3.63) is 34.9 Å². The number of nitriles is 1. The highest BCUT2D eigenvalue weighted by Gasteiger charge is 2.23. The van der Waals surface area contributed by atoms with Gasteiger partial charge in [0.2, 0.25) is 5.91 Å². The molecule has 1 aromatic rings. The largest absolute Gasteiger partial charge is 0.355 e. The molecule has 1 aromatic carbocycles. The van der Waals surface area contributed by atoms with Crippen molar-refractivity contribution in [2.75, 3.05) is 32.7 Å². The fraction of sp³-hybridized carbons (Fsp3) is 0.467. The molecule has 2 rings (SSSR count). The van der Waals surface area contributed by atoms with Crippen molar-refractivity contribution in [3.8, 4) is 6.07 Å². The summed E-state index contributed by atoms with van der Waals surface area (Å²) in [6, 6.07) is 9.61. The first-order valence-corrected chi connectivity index (χ1v) is 7.42. The summed E-state index contributed by atoms with van der Waals surface area (Å²) in [5, 5.41) is 15.8. The van der Waals surface area contributed by atoms with Gasteiger partial charge in [0.1, 0.15) is 6.04 Å². The van der Waals surface area contributed by atoms with Crippen LogP contribution in [0, 0.1) is 11.3 Å². The lowest BCUT2D eigenvalue weighted by Crippen LogP contribution is -2.53. The van der Waals surface area contributed by atoms with E-state index >= 15 is 0 Å². The molecule has 2 N–H and O–H groups in total. The van der Waals surface area contributed by atoms with Gasteiger partial charge in [-0.05, 0) is 24.1 Å². The SMILES string of the molecule is N#CC1CNCCN1CC(=O)NCCc1cccc(Cl)c1. The first-order valence-electron chi connectivity index (χ1n) is 7.04. The van der Waals surface area contributed by atoms with E-state index in [0.29, 0.717) is 18.1 Å². The summed E-state index contributed by atoms with van der Waals surface area (Å²) < 4.78 is 0. The second-order valence-corrected chi connectivity index (χ2v) is 5.49. The van der Waals surface area contributed by atoms with Gasteiger partial charge in [0, 0.05) is 31.2 Å². The number of carbonyl (C=O) groups excluding carboxylic acids is 1. The van der Waals surface area contributed by atoms with Gasteiger partial charge in [0.15, 0.2) is 0 Å². The maximum Gasteiger partial charge on any atom is 0.234 e. The second kappa shape index (κ2) is 7.99. The number of hydrogen-bond acceptors (Lipinski definition) is 4. The molecular formula is C15H19ClN4O. The van der Waals surface area contributed by atoms with Crippen LogP contribution >= 0.6 is 11.6 Å². The Morgan fingerprint density at radius 3 is 3.19 bits per heavy atom. The molecule has 0 aromatic heterocycles. The molecule has 112 valence electrons. The lowest BCUT2D eigenvalue weighted by Gasteiger charge is -2.31. The third kappa shape index (κ3) is 5.01. The molecule has 0 aliphatic carbocycles. The van der Waals surface area contributed by atoms with Gasteiger partial charge in [0.25, 0.3) is 0 Å². The number of piperazine rings is 1. The molecule has 21 heavy (non-hydrogen) atoms. The van der Waals surface area contributed by atoms with Crippen LogP contribution in [0.2, 0.25) is 5.02 Å². The van der Waals surface area contributed by atoms with Crippen LogP contribution in [0.15, 0.2) is 24.3 Å². The first-order chi connectivity index (χ1) is 10.2. The molecule has 1 saturated heterocycles. The van der Waals surface area contributed by atoms with E-state index in [2.05, 4.69) is 16.7 Å². The van der Waals surface area contributed by atoms with E-state index in [-0.39, 0.29) is 18.5 Å². The van der Waals surface area contributed by atoms with Gasteiger partial charge >= 0.3 is 0 Å². The van der Waals surface area contributed by atoms with Gasteiger partial charge in [-0.2, -0.15) is 5.26 Å². The zero-order valence-corrected chi connectivity index (χ0v) is 12.6. The van der Waals surface area contributed by atoms with Crippen molar-refractivity contribution in [2.45, 2.75) is 12.5 Å². The number of rotatable bonds is 5. The Kier molecular flexibility index (Phi) is 6.00. The topological polar surface area (TPSA) is 68.2 Å². The molecule has 0 saturated carbocycles. The maximum absolute atomic E-state index is 11.9. The molecule has 6 heteroatoms. The molecule has 1 fully saturated rings. The van der Waals surface area contributed by atoms with Gasteiger partial charge < -0.3 is 10.6 Å². The molecule has 5 nitrogen and oxygen atoms in total. The monoisotopic (exact) mass is 306 g/mol. The van der Waals surface area contributed by atoms with E-state index in [0.717, 1.165) is 25.1 Å². The fourth-order valence-corrected chi connectivity index (χ4v) is 2.55. The Bertz CT molecular complexity index is 529. The van der Waals surface area contributed by atoms with Crippen LogP contribution in [0.1, 0.15) is 5.56 Å². The maximum atomic E-state index is 11.9. The summed E-state index contributed by atoms with van der Waals surface area (Å²) in [6.07, 6.45) is 0.746. The molecule has 1 aliphatic rings. The molecule has 1 unspecified atom stereocenters. The van der Waals surface area contributed by atoms with Crippen LogP contribution < -0.4 is 10.6 Å². The Morgan fingerprint density at radius 1 is 1.57 bits per heavy atom. The number of nitrogens with one attached hydrogen (secondary N) is 2. The number of hydrogen-bond donors (Lipinski definition) is 2. The van der Waals surface area contributed by atoms with E-state index < -0.39 is 0 Å². The van der Waals surface area contributed by atoms with Gasteiger partial charge in [-0.1, -0.05) is 23.7 Å². The Balaban J connectivity index is 1.73. The standard InChI is InChI=1S/C15H19ClN4O/c16-13-3-1-2-12(8-13)4-5-19-15(21)11-20-7-6-18-10-14(20)9-17/h1-3,8,14,18H,4-7,10-11H2,(H,19,21). The Labute approximate surface area is 129 Å². The van der Waals surface area contributed by atoms with Crippen LogP contribution in [0.4, 0.5) is 0 Å². The summed E-state index contributed by atoms with van der Waals surface area (Å²) >= 11 is 5.92. The van der Waals surface area contributed by atoms with Crippen molar-refractivity contribution in [2.24, 2.45) is 0 Å². The molecule has 0 bridgehead atoms. The zero-order valence-electron chi connectivity index (χ0n) is 11.8. The normalized spacial score (nSPS) is 19.0. The minimum Gasteiger partial charge on any atom is -0.355 e. The minimum atomic E-state index is -0.225. The smallest absolute Gasteiger partial charge is 0.234 e. The van der Waals surface area contributed by atoms with Crippen molar-refractivity contribution >= 4 is 17.5 Å². The Morgan fingerprint density at radius 2 is 2.43 bits per heavy atom. The molecular weight excluding hydrogens is 288 g/mol. The van der Waals surface area contributed by atoms with Crippen LogP contribution in [0.3, 0.4) is 0 Å². The van der Waals surface area contributed by atoms with E-state index in [1.54, 1.807) is 0 Å². The highest BCUT2D eigenvalue weighted by molar-refractivity contribution is 6.30. The number of nitrogens with zero attached hydrogens (tertiary/aromatic N) is 2. The van der Waals surface area contributed by atoms with E-state index in [9.17, 15) is 4.79 Å². The second-order valence-electron chi connectivity index (χ2n) is 5.05. The van der Waals surface area contributed by atoms with Crippen molar-refractivity contribution in [3.63, 3.8) is 0 Å². The van der Waals surface area contributed by atoms with Crippen LogP contribution in [0.5, 0.6) is 0 Å². The average Bonchev–Trinajstić information content (AvgIpc) is 2.48. The van der Waals surface area contributed by atoms with Gasteiger partial charge in [-0.3, -0.25) is 9.69 Å². The molecule has 1 heterocycles. The van der Waals surface area contributed by atoms with Gasteiger partial charge in [-0.15, -0.1) is 0 Å². The third-order valence-electron chi connectivity index (χ3n) is 3.47. The predicted octanol–water partition coefficient (Wildman–Crippen LogP) is 0.796. The summed E-state index contributed by atoms with van der Waals surface area (Å²) in [6.45, 7) is 3.00. The summed E-state index contributed by atoms with van der Waals surface area (Å²) in [7, 11) is 0. The first kappa shape index (κ1) is 15.8. The summed E-state index contributed by atoms with van der Waals surface area (Å²) in [5.74, 6) is -0.0424. The average molecular weight is 307 g/mol. The highest BCUT2D eigenvalue weighted by atomic mass is 35.5. The van der Waals surface area contributed by atoms with Crippen LogP contribution in [0.25, 0.3) is 0 Å². The lowest BCUT2D eigenvalue weighted by atomic mass is 10.1. The molecule has 1 amide bonds. The van der Waals surface area contributed by atoms with Crippen molar-refractivity contribution < 1.29 is 4.79 Å². The van der Waals surface area contributed by atoms with E-state index in [1.807, 2.05) is 29.2 Å². The number of carbonyl (C=O) groups is 1. The van der Waals surface area contributed by atoms with Crippen LogP contribution in [-0.2, 0) is 11.2 Å². The predicted molar refractivity (Wildman–Crippen MR) is 82.0 cm³/mol. The van der Waals surface area contributed by atoms with Gasteiger partial charge in [-0.25, -0.2) is 0 Å². The fourth-order valence-electron chi connectivity index (χ4n) is 2.34. The molecule has 1 aliphatic heterocycles. The van der Waals surface area contributed by atoms with Crippen LogP contribution in [-0.4, -0.2) is 49.6 Å². The number of amides is 1. The number of halogens is 1. The number of benzene rings is 1. The lowest BCUT2D eigenvalue weighted by molar-refractivity contribution is -0.122. The van der Waals surface area contributed by atoms with Crippen molar-refractivity contribution in [1.29, 1.82) is 5.26 Å². The summed E-state index contributed by atoms with van der Waals surface area (Å²) in [5.41, 5.74) is 1.10. The van der Waals surface area contributed by atoms with E-state index in [1.165, 1.54) is 0 Å². The molecule has 0 spiro atoms. The summed E-state index contributed by atoms with van der Waals surface area (Å²) in [4.78, 5) is 13.8. The zero-order chi connectivity index (χ0) is 15.1. The third-order valence-corrected chi connectivity index (χ3v) is 3.71. The molecule has 1 atom stereocenters. The highest BCUT2D eigenvalue weighted by Crippen LogP contribution is 2.10.